The summed E-state index contributed by atoms with van der Waals surface area (Å²) in [5, 5.41) is 14.9. The van der Waals surface area contributed by atoms with E-state index in [1.807, 2.05) is 0 Å². The van der Waals surface area contributed by atoms with E-state index in [9.17, 15) is 5.11 Å². The van der Waals surface area contributed by atoms with Crippen LogP contribution in [-0.4, -0.2) is 16.7 Å². The van der Waals surface area contributed by atoms with Gasteiger partial charge in [-0.1, -0.05) is 49.6 Å². The van der Waals surface area contributed by atoms with Gasteiger partial charge < -0.3 is 10.4 Å². The van der Waals surface area contributed by atoms with E-state index in [1.54, 1.807) is 0 Å². The first-order chi connectivity index (χ1) is 9.70. The van der Waals surface area contributed by atoms with Crippen LogP contribution < -0.4 is 5.32 Å². The minimum atomic E-state index is -0.459. The molecule has 0 saturated heterocycles. The van der Waals surface area contributed by atoms with E-state index in [-0.39, 0.29) is 6.04 Å². The first-order valence-electron chi connectivity index (χ1n) is 8.23. The van der Waals surface area contributed by atoms with Crippen molar-refractivity contribution in [3.63, 3.8) is 0 Å². The quantitative estimate of drug-likeness (QED) is 0.877. The molecule has 3 rings (SSSR count). The Bertz CT molecular complexity index is 430. The van der Waals surface area contributed by atoms with Crippen LogP contribution in [-0.2, 0) is 0 Å². The summed E-state index contributed by atoms with van der Waals surface area (Å²) in [7, 11) is 0. The lowest BCUT2D eigenvalue weighted by molar-refractivity contribution is -0.101. The van der Waals surface area contributed by atoms with Crippen molar-refractivity contribution in [3.8, 4) is 0 Å². The van der Waals surface area contributed by atoms with Crippen LogP contribution in [0.2, 0.25) is 0 Å². The van der Waals surface area contributed by atoms with Crippen molar-refractivity contribution in [3.05, 3.63) is 35.9 Å². The fraction of sp³-hybridized carbons (Fsp3) is 0.667. The molecule has 2 nitrogen and oxygen atoms in total. The van der Waals surface area contributed by atoms with Crippen molar-refractivity contribution in [2.75, 3.05) is 0 Å². The summed E-state index contributed by atoms with van der Waals surface area (Å²) in [4.78, 5) is 0. The average Bonchev–Trinajstić information content (AvgIpc) is 2.49. The normalized spacial score (nSPS) is 35.3. The zero-order valence-corrected chi connectivity index (χ0v) is 12.5. The molecule has 2 aliphatic carbocycles. The van der Waals surface area contributed by atoms with E-state index in [1.165, 1.54) is 37.7 Å². The highest BCUT2D eigenvalue weighted by molar-refractivity contribution is 5.19. The highest BCUT2D eigenvalue weighted by Crippen LogP contribution is 2.44. The second-order valence-electron chi connectivity index (χ2n) is 6.72. The summed E-state index contributed by atoms with van der Waals surface area (Å²) in [6.07, 6.45) is 8.27. The van der Waals surface area contributed by atoms with Crippen molar-refractivity contribution in [2.45, 2.75) is 69.6 Å². The van der Waals surface area contributed by atoms with Gasteiger partial charge in [-0.05, 0) is 44.1 Å². The number of hydrogen-bond donors (Lipinski definition) is 2. The molecule has 1 aromatic rings. The van der Waals surface area contributed by atoms with Crippen LogP contribution in [0, 0.1) is 5.92 Å². The van der Waals surface area contributed by atoms with Gasteiger partial charge in [-0.15, -0.1) is 0 Å². The molecule has 2 N–H and O–H groups in total. The zero-order chi connectivity index (χ0) is 14.0. The number of aliphatic hydroxyl groups is 1. The number of nitrogens with one attached hydrogen (secondary N) is 1. The van der Waals surface area contributed by atoms with Crippen LogP contribution in [0.25, 0.3) is 0 Å². The fourth-order valence-electron chi connectivity index (χ4n) is 4.29. The van der Waals surface area contributed by atoms with Gasteiger partial charge in [0.1, 0.15) is 0 Å². The van der Waals surface area contributed by atoms with Crippen LogP contribution in [0.3, 0.4) is 0 Å². The lowest BCUT2D eigenvalue weighted by atomic mass is 9.64. The summed E-state index contributed by atoms with van der Waals surface area (Å²) in [6.45, 7) is 2.21. The third-order valence-electron chi connectivity index (χ3n) is 5.49. The molecule has 2 heteroatoms. The van der Waals surface area contributed by atoms with Gasteiger partial charge in [-0.3, -0.25) is 0 Å². The molecule has 0 spiro atoms. The van der Waals surface area contributed by atoms with E-state index in [0.717, 1.165) is 12.8 Å². The van der Waals surface area contributed by atoms with Gasteiger partial charge in [-0.25, -0.2) is 0 Å². The molecule has 2 saturated carbocycles. The summed E-state index contributed by atoms with van der Waals surface area (Å²) < 4.78 is 0. The maximum Gasteiger partial charge on any atom is 0.0828 e. The van der Waals surface area contributed by atoms with Gasteiger partial charge in [0.25, 0.3) is 0 Å². The van der Waals surface area contributed by atoms with Crippen molar-refractivity contribution < 1.29 is 5.11 Å². The molecule has 0 aromatic heterocycles. The molecule has 2 fully saturated rings. The number of rotatable bonds is 3. The topological polar surface area (TPSA) is 32.3 Å². The largest absolute Gasteiger partial charge is 0.388 e. The zero-order valence-electron chi connectivity index (χ0n) is 12.5. The van der Waals surface area contributed by atoms with Crippen molar-refractivity contribution in [2.24, 2.45) is 5.92 Å². The van der Waals surface area contributed by atoms with Gasteiger partial charge in [0, 0.05) is 12.1 Å². The maximum atomic E-state index is 11.2. The van der Waals surface area contributed by atoms with E-state index >= 15 is 0 Å². The monoisotopic (exact) mass is 273 g/mol. The highest BCUT2D eigenvalue weighted by atomic mass is 16.3. The first kappa shape index (κ1) is 14.1. The standard InChI is InChI=1S/C18H27NO/c1-14(15-8-3-2-4-9-15)19-17-12-7-11-16-10-5-6-13-18(16,17)20/h2-4,8-9,14,16-17,19-20H,5-7,10-13H2,1H3. The van der Waals surface area contributed by atoms with Crippen LogP contribution in [0.4, 0.5) is 0 Å². The lowest BCUT2D eigenvalue weighted by Gasteiger charge is -2.50. The SMILES string of the molecule is CC(NC1CCCC2CCCCC21O)c1ccccc1. The molecule has 110 valence electrons. The fourth-order valence-corrected chi connectivity index (χ4v) is 4.29. The predicted octanol–water partition coefficient (Wildman–Crippen LogP) is 3.81. The van der Waals surface area contributed by atoms with Crippen molar-refractivity contribution >= 4 is 0 Å². The number of fused-ring (bicyclic) bond motifs is 1. The molecular weight excluding hydrogens is 246 g/mol. The first-order valence-corrected chi connectivity index (χ1v) is 8.23. The van der Waals surface area contributed by atoms with Gasteiger partial charge in [-0.2, -0.15) is 0 Å². The number of hydrogen-bond acceptors (Lipinski definition) is 2. The Balaban J connectivity index is 1.72. The minimum absolute atomic E-state index is 0.261. The Hall–Kier alpha value is -0.860. The van der Waals surface area contributed by atoms with E-state index in [2.05, 4.69) is 42.6 Å². The molecular formula is C18H27NO. The highest BCUT2D eigenvalue weighted by Gasteiger charge is 2.47. The third-order valence-corrected chi connectivity index (χ3v) is 5.49. The predicted molar refractivity (Wildman–Crippen MR) is 82.5 cm³/mol. The molecule has 0 amide bonds. The Kier molecular flexibility index (Phi) is 4.13. The molecule has 0 aliphatic heterocycles. The second kappa shape index (κ2) is 5.87. The average molecular weight is 273 g/mol. The second-order valence-corrected chi connectivity index (χ2v) is 6.72. The molecule has 0 radical (unpaired) electrons. The molecule has 20 heavy (non-hydrogen) atoms. The smallest absolute Gasteiger partial charge is 0.0828 e. The van der Waals surface area contributed by atoms with Gasteiger partial charge in [0.15, 0.2) is 0 Å². The van der Waals surface area contributed by atoms with Crippen LogP contribution in [0.15, 0.2) is 30.3 Å². The summed E-state index contributed by atoms with van der Waals surface area (Å²) in [5.74, 6) is 0.519. The molecule has 4 atom stereocenters. The Morgan fingerprint density at radius 2 is 1.85 bits per heavy atom. The molecule has 0 bridgehead atoms. The molecule has 4 unspecified atom stereocenters. The molecule has 0 heterocycles. The Morgan fingerprint density at radius 3 is 2.65 bits per heavy atom. The minimum Gasteiger partial charge on any atom is -0.388 e. The molecule has 1 aromatic carbocycles. The summed E-state index contributed by atoms with van der Waals surface area (Å²) >= 11 is 0. The van der Waals surface area contributed by atoms with Gasteiger partial charge in [0.2, 0.25) is 0 Å². The van der Waals surface area contributed by atoms with Crippen LogP contribution in [0.5, 0.6) is 0 Å². The van der Waals surface area contributed by atoms with E-state index < -0.39 is 5.60 Å². The van der Waals surface area contributed by atoms with Gasteiger partial charge >= 0.3 is 0 Å². The third kappa shape index (κ3) is 2.64. The molecule has 2 aliphatic rings. The number of benzene rings is 1. The van der Waals surface area contributed by atoms with Crippen molar-refractivity contribution in [1.29, 1.82) is 0 Å². The Morgan fingerprint density at radius 1 is 1.10 bits per heavy atom. The van der Waals surface area contributed by atoms with Crippen molar-refractivity contribution in [1.82, 2.24) is 5.32 Å². The van der Waals surface area contributed by atoms with E-state index in [0.29, 0.717) is 12.0 Å². The van der Waals surface area contributed by atoms with Crippen LogP contribution >= 0.6 is 0 Å². The summed E-state index contributed by atoms with van der Waals surface area (Å²) in [5.41, 5.74) is 0.855. The van der Waals surface area contributed by atoms with Crippen LogP contribution in [0.1, 0.15) is 63.5 Å². The summed E-state index contributed by atoms with van der Waals surface area (Å²) in [6, 6.07) is 11.1. The Labute approximate surface area is 122 Å². The van der Waals surface area contributed by atoms with Gasteiger partial charge in [0.05, 0.1) is 5.60 Å². The maximum absolute atomic E-state index is 11.2. The van der Waals surface area contributed by atoms with E-state index in [4.69, 9.17) is 0 Å². The lowest BCUT2D eigenvalue weighted by Crippen LogP contribution is -2.59.